The summed E-state index contributed by atoms with van der Waals surface area (Å²) in [6.45, 7) is 8.62. The van der Waals surface area contributed by atoms with Crippen LogP contribution in [0.2, 0.25) is 0 Å². The van der Waals surface area contributed by atoms with Crippen molar-refractivity contribution in [2.45, 2.75) is 32.9 Å². The number of nitrogens with zero attached hydrogens (tertiary/aromatic N) is 1. The van der Waals surface area contributed by atoms with Gasteiger partial charge in [0.1, 0.15) is 5.76 Å². The second kappa shape index (κ2) is 5.06. The van der Waals surface area contributed by atoms with Crippen molar-refractivity contribution in [2.75, 3.05) is 6.54 Å². The number of carbonyl (C=O) groups is 1. The first-order valence-electron chi connectivity index (χ1n) is 7.37. The van der Waals surface area contributed by atoms with Gasteiger partial charge in [-0.15, -0.1) is 6.58 Å². The molecule has 1 aliphatic carbocycles. The van der Waals surface area contributed by atoms with Gasteiger partial charge in [-0.3, -0.25) is 9.69 Å². The first kappa shape index (κ1) is 13.9. The highest BCUT2D eigenvalue weighted by Crippen LogP contribution is 2.47. The van der Waals surface area contributed by atoms with Crippen LogP contribution in [0.1, 0.15) is 38.5 Å². The highest BCUT2D eigenvalue weighted by Gasteiger charge is 2.43. The van der Waals surface area contributed by atoms with Gasteiger partial charge in [0.05, 0.1) is 5.57 Å². The van der Waals surface area contributed by atoms with Crippen molar-refractivity contribution in [3.05, 3.63) is 59.9 Å². The third-order valence-corrected chi connectivity index (χ3v) is 4.10. The Labute approximate surface area is 125 Å². The summed E-state index contributed by atoms with van der Waals surface area (Å²) in [5.41, 5.74) is 1.95. The van der Waals surface area contributed by atoms with Crippen molar-refractivity contribution in [1.29, 1.82) is 0 Å². The summed E-state index contributed by atoms with van der Waals surface area (Å²) in [4.78, 5) is 14.6. The van der Waals surface area contributed by atoms with E-state index in [1.165, 1.54) is 0 Å². The van der Waals surface area contributed by atoms with Gasteiger partial charge in [0.25, 0.3) is 5.91 Å². The van der Waals surface area contributed by atoms with Crippen molar-refractivity contribution >= 4 is 5.91 Å². The molecule has 3 rings (SSSR count). The number of hydrogen-bond donors (Lipinski definition) is 0. The van der Waals surface area contributed by atoms with E-state index in [-0.39, 0.29) is 17.6 Å². The summed E-state index contributed by atoms with van der Waals surface area (Å²) in [5.74, 6) is 0.967. The summed E-state index contributed by atoms with van der Waals surface area (Å²) in [6, 6.07) is 9.91. The summed E-state index contributed by atoms with van der Waals surface area (Å²) in [6.07, 6.45) is 3.03. The number of rotatable bonds is 3. The van der Waals surface area contributed by atoms with Crippen molar-refractivity contribution in [3.63, 3.8) is 0 Å². The maximum Gasteiger partial charge on any atom is 0.256 e. The second-order valence-corrected chi connectivity index (χ2v) is 6.55. The Morgan fingerprint density at radius 3 is 2.71 bits per heavy atom. The fourth-order valence-corrected chi connectivity index (χ4v) is 3.15. The van der Waals surface area contributed by atoms with E-state index in [1.54, 1.807) is 11.0 Å². The highest BCUT2D eigenvalue weighted by molar-refractivity contribution is 5.95. The number of amides is 1. The smallest absolute Gasteiger partial charge is 0.256 e. The van der Waals surface area contributed by atoms with E-state index >= 15 is 0 Å². The number of allylic oxidation sites excluding steroid dienone is 1. The summed E-state index contributed by atoms with van der Waals surface area (Å²) in [7, 11) is 0. The Kier molecular flexibility index (Phi) is 3.36. The predicted octanol–water partition coefficient (Wildman–Crippen LogP) is 3.80. The third-order valence-electron chi connectivity index (χ3n) is 4.10. The van der Waals surface area contributed by atoms with Crippen LogP contribution in [0.5, 0.6) is 0 Å². The van der Waals surface area contributed by atoms with Crippen LogP contribution < -0.4 is 0 Å². The van der Waals surface area contributed by atoms with Gasteiger partial charge in [-0.1, -0.05) is 50.3 Å². The molecule has 1 atom stereocenters. The minimum absolute atomic E-state index is 0.0931. The molecule has 3 nitrogen and oxygen atoms in total. The molecule has 1 aliphatic heterocycles. The fourth-order valence-electron chi connectivity index (χ4n) is 3.15. The molecule has 21 heavy (non-hydrogen) atoms. The van der Waals surface area contributed by atoms with Crippen LogP contribution in [0.4, 0.5) is 0 Å². The van der Waals surface area contributed by atoms with Gasteiger partial charge >= 0.3 is 0 Å². The summed E-state index contributed by atoms with van der Waals surface area (Å²) >= 11 is 0. The zero-order valence-corrected chi connectivity index (χ0v) is 12.6. The summed E-state index contributed by atoms with van der Waals surface area (Å²) in [5, 5.41) is 0. The molecule has 110 valence electrons. The van der Waals surface area contributed by atoms with Crippen molar-refractivity contribution < 1.29 is 9.53 Å². The van der Waals surface area contributed by atoms with Gasteiger partial charge in [0.15, 0.2) is 0 Å². The largest absolute Gasteiger partial charge is 0.470 e. The van der Waals surface area contributed by atoms with Gasteiger partial charge in [-0.05, 0) is 11.8 Å². The van der Waals surface area contributed by atoms with E-state index in [9.17, 15) is 4.79 Å². The average molecular weight is 283 g/mol. The molecule has 1 amide bonds. The molecule has 0 radical (unpaired) electrons. The quantitative estimate of drug-likeness (QED) is 0.790. The van der Waals surface area contributed by atoms with Crippen LogP contribution in [-0.2, 0) is 9.53 Å². The second-order valence-electron chi connectivity index (χ2n) is 6.55. The molecule has 1 aromatic rings. The van der Waals surface area contributed by atoms with E-state index in [4.69, 9.17) is 4.74 Å². The molecule has 0 saturated heterocycles. The maximum atomic E-state index is 12.8. The van der Waals surface area contributed by atoms with Gasteiger partial charge in [-0.25, -0.2) is 0 Å². The maximum absolute atomic E-state index is 12.8. The fraction of sp³-hybridized carbons (Fsp3) is 0.389. The van der Waals surface area contributed by atoms with Crippen LogP contribution in [0.25, 0.3) is 0 Å². The Hall–Kier alpha value is -2.03. The predicted molar refractivity (Wildman–Crippen MR) is 82.2 cm³/mol. The number of carbonyl (C=O) groups excluding carboxylic acids is 1. The van der Waals surface area contributed by atoms with Gasteiger partial charge in [-0.2, -0.15) is 0 Å². The average Bonchev–Trinajstić information content (AvgIpc) is 2.78. The number of hydrogen-bond acceptors (Lipinski definition) is 2. The molecule has 0 fully saturated rings. The first-order chi connectivity index (χ1) is 10.0. The van der Waals surface area contributed by atoms with E-state index in [0.717, 1.165) is 29.7 Å². The molecule has 3 heteroatoms. The lowest BCUT2D eigenvalue weighted by Crippen LogP contribution is -2.40. The molecule has 0 N–H and O–H groups in total. The molecule has 1 aromatic carbocycles. The third kappa shape index (κ3) is 2.48. The normalized spacial score (nSPS) is 23.8. The van der Waals surface area contributed by atoms with Crippen LogP contribution in [-0.4, -0.2) is 17.4 Å². The van der Waals surface area contributed by atoms with E-state index in [1.807, 2.05) is 30.3 Å². The zero-order chi connectivity index (χ0) is 15.0. The van der Waals surface area contributed by atoms with Crippen molar-refractivity contribution in [3.8, 4) is 0 Å². The molecule has 0 aromatic heterocycles. The lowest BCUT2D eigenvalue weighted by atomic mass is 9.89. The Morgan fingerprint density at radius 2 is 2.05 bits per heavy atom. The highest BCUT2D eigenvalue weighted by atomic mass is 16.5. The number of ether oxygens (including phenoxy) is 1. The SMILES string of the molecule is C=CCN1C(=O)C2=C(CC(C)(C)C2)OC1c1ccccc1. The van der Waals surface area contributed by atoms with E-state index < -0.39 is 0 Å². The molecule has 0 saturated carbocycles. The van der Waals surface area contributed by atoms with E-state index in [2.05, 4.69) is 20.4 Å². The molecule has 0 bridgehead atoms. The monoisotopic (exact) mass is 283 g/mol. The minimum atomic E-state index is -0.343. The number of benzene rings is 1. The first-order valence-corrected chi connectivity index (χ1v) is 7.37. The zero-order valence-electron chi connectivity index (χ0n) is 12.6. The van der Waals surface area contributed by atoms with Crippen molar-refractivity contribution in [1.82, 2.24) is 4.90 Å². The van der Waals surface area contributed by atoms with Crippen LogP contribution in [0.3, 0.4) is 0 Å². The van der Waals surface area contributed by atoms with Gasteiger partial charge in [0.2, 0.25) is 6.23 Å². The van der Waals surface area contributed by atoms with Crippen LogP contribution in [0.15, 0.2) is 54.3 Å². The molecule has 0 spiro atoms. The molecule has 1 heterocycles. The standard InChI is InChI=1S/C18H21NO2/c1-4-10-19-16(20)14-11-18(2,3)12-15(14)21-17(19)13-8-6-5-7-9-13/h4-9,17H,1,10-12H2,2-3H3. The van der Waals surface area contributed by atoms with Crippen LogP contribution >= 0.6 is 0 Å². The Balaban J connectivity index is 1.98. The lowest BCUT2D eigenvalue weighted by molar-refractivity contribution is -0.143. The van der Waals surface area contributed by atoms with Crippen molar-refractivity contribution in [2.24, 2.45) is 5.41 Å². The Bertz CT molecular complexity index is 601. The minimum Gasteiger partial charge on any atom is -0.470 e. The Morgan fingerprint density at radius 1 is 1.33 bits per heavy atom. The van der Waals surface area contributed by atoms with E-state index in [0.29, 0.717) is 6.54 Å². The molecule has 2 aliphatic rings. The van der Waals surface area contributed by atoms with Gasteiger partial charge < -0.3 is 4.74 Å². The van der Waals surface area contributed by atoms with Gasteiger partial charge in [0, 0.05) is 18.5 Å². The topological polar surface area (TPSA) is 29.5 Å². The summed E-state index contributed by atoms with van der Waals surface area (Å²) < 4.78 is 6.20. The lowest BCUT2D eigenvalue weighted by Gasteiger charge is -2.36. The molecular weight excluding hydrogens is 262 g/mol. The van der Waals surface area contributed by atoms with Crippen LogP contribution in [0, 0.1) is 5.41 Å². The molecular formula is C18H21NO2. The molecule has 1 unspecified atom stereocenters.